The number of hydrogen-bond donors (Lipinski definition) is 1. The summed E-state index contributed by atoms with van der Waals surface area (Å²) in [6.45, 7) is 9.57. The van der Waals surface area contributed by atoms with Gasteiger partial charge in [-0.15, -0.1) is 0 Å². The zero-order valence-electron chi connectivity index (χ0n) is 19.5. The Morgan fingerprint density at radius 2 is 1.39 bits per heavy atom. The quantitative estimate of drug-likeness (QED) is 0.447. The topological polar surface area (TPSA) is 70.5 Å². The van der Waals surface area contributed by atoms with E-state index < -0.39 is 11.7 Å². The summed E-state index contributed by atoms with van der Waals surface area (Å²) in [4.78, 5) is 30.0. The summed E-state index contributed by atoms with van der Waals surface area (Å²) in [5, 5.41) is 6.94. The van der Waals surface area contributed by atoms with Crippen LogP contribution in [0.2, 0.25) is 0 Å². The molecule has 3 aromatic rings. The van der Waals surface area contributed by atoms with E-state index >= 15 is 0 Å². The van der Waals surface area contributed by atoms with Gasteiger partial charge in [-0.3, -0.25) is 24.1 Å². The minimum absolute atomic E-state index is 0.373. The maximum Gasteiger partial charge on any atom is 0.296 e. The number of aryl methyl sites for hydroxylation is 2. The monoisotopic (exact) mass is 445 g/mol. The summed E-state index contributed by atoms with van der Waals surface area (Å²) in [6.07, 6.45) is 0. The van der Waals surface area contributed by atoms with Gasteiger partial charge < -0.3 is 5.32 Å². The smallest absolute Gasteiger partial charge is 0.296 e. The molecule has 0 saturated carbocycles. The van der Waals surface area contributed by atoms with Crippen molar-refractivity contribution >= 4 is 17.4 Å². The van der Waals surface area contributed by atoms with E-state index in [0.717, 1.165) is 39.3 Å². The third kappa shape index (κ3) is 5.56. The number of nitrogens with one attached hydrogen (secondary N) is 1. The van der Waals surface area contributed by atoms with Crippen molar-refractivity contribution in [3.05, 3.63) is 82.7 Å². The number of benzene rings is 2. The molecule has 0 spiro atoms. The van der Waals surface area contributed by atoms with Gasteiger partial charge in [-0.2, -0.15) is 5.10 Å². The molecule has 1 fully saturated rings. The van der Waals surface area contributed by atoms with Crippen LogP contribution >= 0.6 is 0 Å². The molecule has 7 nitrogen and oxygen atoms in total. The van der Waals surface area contributed by atoms with Crippen LogP contribution in [-0.2, 0) is 24.9 Å². The first kappa shape index (κ1) is 22.9. The summed E-state index contributed by atoms with van der Waals surface area (Å²) >= 11 is 0. The number of ketones is 1. The van der Waals surface area contributed by atoms with Crippen LogP contribution in [0.4, 0.5) is 5.69 Å². The van der Waals surface area contributed by atoms with Gasteiger partial charge >= 0.3 is 0 Å². The zero-order valence-corrected chi connectivity index (χ0v) is 19.5. The minimum Gasteiger partial charge on any atom is -0.319 e. The van der Waals surface area contributed by atoms with Crippen LogP contribution in [0.25, 0.3) is 0 Å². The van der Waals surface area contributed by atoms with Gasteiger partial charge in [-0.05, 0) is 37.1 Å². The first-order chi connectivity index (χ1) is 15.9. The highest BCUT2D eigenvalue weighted by Crippen LogP contribution is 2.17. The van der Waals surface area contributed by atoms with Crippen molar-refractivity contribution in [1.29, 1.82) is 0 Å². The van der Waals surface area contributed by atoms with Crippen LogP contribution in [0.3, 0.4) is 0 Å². The molecule has 4 rings (SSSR count). The van der Waals surface area contributed by atoms with Crippen LogP contribution < -0.4 is 5.32 Å². The summed E-state index contributed by atoms with van der Waals surface area (Å²) in [5.74, 6) is -1.20. The van der Waals surface area contributed by atoms with Gasteiger partial charge in [0.25, 0.3) is 11.7 Å². The predicted molar refractivity (Wildman–Crippen MR) is 129 cm³/mol. The molecule has 1 aliphatic heterocycles. The fraction of sp³-hybridized carbons (Fsp3) is 0.346. The SMILES string of the molecule is Cc1nn(C)c(C)c1C(=O)C(=O)Nc1ccc(CN2CCN(Cc3ccccc3)CC2)cc1. The molecule has 0 bridgehead atoms. The van der Waals surface area contributed by atoms with Crippen molar-refractivity contribution in [1.82, 2.24) is 19.6 Å². The molecule has 7 heteroatoms. The average Bonchev–Trinajstić information content (AvgIpc) is 3.07. The van der Waals surface area contributed by atoms with Gasteiger partial charge in [0.15, 0.2) is 0 Å². The second kappa shape index (κ2) is 10.1. The third-order valence-corrected chi connectivity index (χ3v) is 6.27. The molecule has 0 radical (unpaired) electrons. The number of Topliss-reactive ketones (excluding diaryl/α,β-unsaturated/α-hetero) is 1. The number of anilines is 1. The molecule has 2 aromatic carbocycles. The number of rotatable bonds is 7. The van der Waals surface area contributed by atoms with Crippen LogP contribution in [0.15, 0.2) is 54.6 Å². The Morgan fingerprint density at radius 1 is 0.848 bits per heavy atom. The fourth-order valence-corrected chi connectivity index (χ4v) is 4.30. The summed E-state index contributed by atoms with van der Waals surface area (Å²) < 4.78 is 1.62. The van der Waals surface area contributed by atoms with E-state index in [0.29, 0.717) is 22.6 Å². The molecule has 1 saturated heterocycles. The maximum atomic E-state index is 12.6. The van der Waals surface area contributed by atoms with E-state index in [1.807, 2.05) is 24.3 Å². The molecular formula is C26H31N5O2. The van der Waals surface area contributed by atoms with Gasteiger partial charge in [0, 0.05) is 57.7 Å². The lowest BCUT2D eigenvalue weighted by Gasteiger charge is -2.34. The Labute approximate surface area is 195 Å². The number of aromatic nitrogens is 2. The molecule has 1 amide bonds. The van der Waals surface area contributed by atoms with Crippen LogP contribution in [0.5, 0.6) is 0 Å². The Bertz CT molecular complexity index is 1110. The predicted octanol–water partition coefficient (Wildman–Crippen LogP) is 3.18. The maximum absolute atomic E-state index is 12.6. The number of carbonyl (C=O) groups is 2. The molecular weight excluding hydrogens is 414 g/mol. The molecule has 172 valence electrons. The number of nitrogens with zero attached hydrogens (tertiary/aromatic N) is 4. The normalized spacial score (nSPS) is 14.9. The Hall–Kier alpha value is -3.29. The van der Waals surface area contributed by atoms with Crippen molar-refractivity contribution in [2.24, 2.45) is 7.05 Å². The molecule has 0 unspecified atom stereocenters. The first-order valence-electron chi connectivity index (χ1n) is 11.3. The van der Waals surface area contributed by atoms with Crippen LogP contribution in [0.1, 0.15) is 32.9 Å². The fourth-order valence-electron chi connectivity index (χ4n) is 4.30. The van der Waals surface area contributed by atoms with Gasteiger partial charge in [0.2, 0.25) is 0 Å². The first-order valence-corrected chi connectivity index (χ1v) is 11.3. The molecule has 1 aromatic heterocycles. The third-order valence-electron chi connectivity index (χ3n) is 6.27. The molecule has 2 heterocycles. The van der Waals surface area contributed by atoms with Crippen molar-refractivity contribution in [3.8, 4) is 0 Å². The highest BCUT2D eigenvalue weighted by molar-refractivity contribution is 6.47. The zero-order chi connectivity index (χ0) is 23.4. The number of hydrogen-bond acceptors (Lipinski definition) is 5. The van der Waals surface area contributed by atoms with Gasteiger partial charge in [0.1, 0.15) is 0 Å². The summed E-state index contributed by atoms with van der Waals surface area (Å²) in [7, 11) is 1.76. The van der Waals surface area contributed by atoms with Crippen molar-refractivity contribution in [3.63, 3.8) is 0 Å². The Morgan fingerprint density at radius 3 is 1.91 bits per heavy atom. The van der Waals surface area contributed by atoms with Gasteiger partial charge in [-0.1, -0.05) is 42.5 Å². The van der Waals surface area contributed by atoms with E-state index in [9.17, 15) is 9.59 Å². The van der Waals surface area contributed by atoms with E-state index in [1.54, 1.807) is 25.6 Å². The second-order valence-electron chi connectivity index (χ2n) is 8.69. The second-order valence-corrected chi connectivity index (χ2v) is 8.69. The van der Waals surface area contributed by atoms with E-state index in [1.165, 1.54) is 11.1 Å². The molecule has 1 aliphatic rings. The standard InChI is InChI=1S/C26H31N5O2/c1-19-24(20(2)29(3)28-19)25(32)26(33)27-23-11-9-22(10-12-23)18-31-15-13-30(14-16-31)17-21-7-5-4-6-8-21/h4-12H,13-18H2,1-3H3,(H,27,33). The van der Waals surface area contributed by atoms with Gasteiger partial charge in [0.05, 0.1) is 11.3 Å². The van der Waals surface area contributed by atoms with Crippen molar-refractivity contribution in [2.45, 2.75) is 26.9 Å². The molecule has 33 heavy (non-hydrogen) atoms. The van der Waals surface area contributed by atoms with E-state index in [2.05, 4.69) is 50.5 Å². The largest absolute Gasteiger partial charge is 0.319 e. The van der Waals surface area contributed by atoms with Crippen molar-refractivity contribution < 1.29 is 9.59 Å². The van der Waals surface area contributed by atoms with Crippen LogP contribution in [-0.4, -0.2) is 57.4 Å². The van der Waals surface area contributed by atoms with Gasteiger partial charge in [-0.25, -0.2) is 0 Å². The molecule has 0 atom stereocenters. The average molecular weight is 446 g/mol. The number of carbonyl (C=O) groups excluding carboxylic acids is 2. The van der Waals surface area contributed by atoms with E-state index in [4.69, 9.17) is 0 Å². The lowest BCUT2D eigenvalue weighted by Crippen LogP contribution is -2.45. The highest BCUT2D eigenvalue weighted by atomic mass is 16.2. The number of amides is 1. The minimum atomic E-state index is -0.642. The molecule has 1 N–H and O–H groups in total. The van der Waals surface area contributed by atoms with Crippen molar-refractivity contribution in [2.75, 3.05) is 31.5 Å². The lowest BCUT2D eigenvalue weighted by molar-refractivity contribution is -0.112. The summed E-state index contributed by atoms with van der Waals surface area (Å²) in [5.41, 5.74) is 4.79. The summed E-state index contributed by atoms with van der Waals surface area (Å²) in [6, 6.07) is 18.3. The lowest BCUT2D eigenvalue weighted by atomic mass is 10.1. The number of piperazine rings is 1. The van der Waals surface area contributed by atoms with E-state index in [-0.39, 0.29) is 0 Å². The van der Waals surface area contributed by atoms with Crippen LogP contribution in [0, 0.1) is 13.8 Å². The Kier molecular flexibility index (Phi) is 7.01. The highest BCUT2D eigenvalue weighted by Gasteiger charge is 2.24. The molecule has 0 aliphatic carbocycles. The Balaban J connectivity index is 1.27.